The first-order valence-electron chi connectivity index (χ1n) is 12.9. The largest absolute Gasteiger partial charge is 0.573 e. The molecule has 0 fully saturated rings. The number of halogens is 3. The standard InChI is InChI=1S/C28H24F3N5OS.C2H6/c1-17-5-3-4-6-24(17)33-27(38)34-32-16-18-7-13-22-20(15-18)10-14-23-25(22)35-36(2)26(23)19-8-11-21(12-9-19)37-28(29,30)31;1-2/h3-9,11-13,15-16H,10,14H2,1-2H3,(H2,33,34,38);1-2H3/b32-16+;. The Hall–Kier alpha value is -4.18. The van der Waals surface area contributed by atoms with Crippen LogP contribution in [-0.4, -0.2) is 27.5 Å². The molecule has 10 heteroatoms. The van der Waals surface area contributed by atoms with Gasteiger partial charge in [-0.05, 0) is 85.1 Å². The summed E-state index contributed by atoms with van der Waals surface area (Å²) < 4.78 is 43.3. The van der Waals surface area contributed by atoms with Crippen molar-refractivity contribution in [2.45, 2.75) is 40.0 Å². The molecule has 2 N–H and O–H groups in total. The SMILES string of the molecule is CC.Cc1ccccc1NC(=S)N/N=C/c1ccc2c(c1)CCc1c-2nn(C)c1-c1ccc(OC(F)(F)F)cc1. The highest BCUT2D eigenvalue weighted by Gasteiger charge is 2.31. The minimum atomic E-state index is -4.72. The number of benzene rings is 3. The van der Waals surface area contributed by atoms with Crippen LogP contribution in [0.1, 0.15) is 36.1 Å². The predicted octanol–water partition coefficient (Wildman–Crippen LogP) is 7.41. The van der Waals surface area contributed by atoms with E-state index in [0.717, 1.165) is 63.3 Å². The van der Waals surface area contributed by atoms with Crippen molar-refractivity contribution in [1.82, 2.24) is 15.2 Å². The van der Waals surface area contributed by atoms with Crippen molar-refractivity contribution in [3.8, 4) is 28.3 Å². The van der Waals surface area contributed by atoms with E-state index in [-0.39, 0.29) is 5.75 Å². The monoisotopic (exact) mass is 565 g/mol. The Morgan fingerprint density at radius 3 is 2.48 bits per heavy atom. The van der Waals surface area contributed by atoms with Crippen molar-refractivity contribution >= 4 is 29.2 Å². The minimum absolute atomic E-state index is 0.252. The van der Waals surface area contributed by atoms with E-state index < -0.39 is 6.36 Å². The second kappa shape index (κ2) is 12.3. The Morgan fingerprint density at radius 2 is 1.77 bits per heavy atom. The third kappa shape index (κ3) is 6.69. The molecule has 0 amide bonds. The summed E-state index contributed by atoms with van der Waals surface area (Å²) in [4.78, 5) is 0. The minimum Gasteiger partial charge on any atom is -0.406 e. The number of hydrogen-bond acceptors (Lipinski definition) is 4. The summed E-state index contributed by atoms with van der Waals surface area (Å²) in [6.45, 7) is 6.00. The van der Waals surface area contributed by atoms with Gasteiger partial charge in [-0.3, -0.25) is 10.1 Å². The fourth-order valence-electron chi connectivity index (χ4n) is 4.62. The first-order valence-corrected chi connectivity index (χ1v) is 13.3. The van der Waals surface area contributed by atoms with Crippen molar-refractivity contribution in [2.24, 2.45) is 12.1 Å². The Morgan fingerprint density at radius 1 is 1.05 bits per heavy atom. The molecule has 208 valence electrons. The number of fused-ring (bicyclic) bond motifs is 3. The van der Waals surface area contributed by atoms with Crippen molar-refractivity contribution < 1.29 is 17.9 Å². The van der Waals surface area contributed by atoms with Gasteiger partial charge < -0.3 is 10.1 Å². The molecular formula is C30H30F3N5OS. The summed E-state index contributed by atoms with van der Waals surface area (Å²) in [5.41, 5.74) is 11.6. The van der Waals surface area contributed by atoms with Crippen LogP contribution in [0.5, 0.6) is 5.75 Å². The van der Waals surface area contributed by atoms with Gasteiger partial charge in [0.05, 0.1) is 17.6 Å². The van der Waals surface area contributed by atoms with Gasteiger partial charge in [0.25, 0.3) is 0 Å². The number of nitrogens with zero attached hydrogens (tertiary/aromatic N) is 3. The van der Waals surface area contributed by atoms with E-state index in [2.05, 4.69) is 26.6 Å². The highest BCUT2D eigenvalue weighted by atomic mass is 32.1. The van der Waals surface area contributed by atoms with E-state index in [1.165, 1.54) is 12.1 Å². The maximum absolute atomic E-state index is 12.5. The Labute approximate surface area is 236 Å². The van der Waals surface area contributed by atoms with Gasteiger partial charge in [0.1, 0.15) is 5.75 Å². The van der Waals surface area contributed by atoms with Gasteiger partial charge in [-0.1, -0.05) is 44.2 Å². The van der Waals surface area contributed by atoms with Crippen LogP contribution >= 0.6 is 12.2 Å². The summed E-state index contributed by atoms with van der Waals surface area (Å²) in [5, 5.41) is 12.5. The molecule has 0 spiro atoms. The molecular weight excluding hydrogens is 535 g/mol. The smallest absolute Gasteiger partial charge is 0.406 e. The van der Waals surface area contributed by atoms with Crippen LogP contribution in [0.15, 0.2) is 71.8 Å². The first kappa shape index (κ1) is 28.8. The topological polar surface area (TPSA) is 63.5 Å². The van der Waals surface area contributed by atoms with E-state index in [1.807, 2.05) is 64.2 Å². The van der Waals surface area contributed by atoms with Crippen LogP contribution in [0.4, 0.5) is 18.9 Å². The van der Waals surface area contributed by atoms with Gasteiger partial charge in [-0.25, -0.2) is 0 Å². The van der Waals surface area contributed by atoms with Crippen molar-refractivity contribution in [3.63, 3.8) is 0 Å². The molecule has 3 aromatic carbocycles. The number of rotatable bonds is 5. The Balaban J connectivity index is 0.00000181. The summed E-state index contributed by atoms with van der Waals surface area (Å²) in [6, 6.07) is 19.8. The van der Waals surface area contributed by atoms with Crippen LogP contribution in [0.25, 0.3) is 22.5 Å². The zero-order valence-corrected chi connectivity index (χ0v) is 23.5. The highest BCUT2D eigenvalue weighted by molar-refractivity contribution is 7.80. The molecule has 1 aliphatic rings. The molecule has 1 aliphatic carbocycles. The number of alkyl halides is 3. The number of hydrogen-bond donors (Lipinski definition) is 2. The predicted molar refractivity (Wildman–Crippen MR) is 158 cm³/mol. The van der Waals surface area contributed by atoms with E-state index in [0.29, 0.717) is 5.11 Å². The van der Waals surface area contributed by atoms with Crippen LogP contribution in [0.2, 0.25) is 0 Å². The first-order chi connectivity index (χ1) is 19.2. The van der Waals surface area contributed by atoms with Gasteiger partial charge in [-0.15, -0.1) is 13.2 Å². The molecule has 6 nitrogen and oxygen atoms in total. The van der Waals surface area contributed by atoms with Crippen molar-refractivity contribution in [2.75, 3.05) is 5.32 Å². The van der Waals surface area contributed by atoms with Crippen molar-refractivity contribution in [3.05, 3.63) is 89.0 Å². The molecule has 0 bridgehead atoms. The maximum Gasteiger partial charge on any atom is 0.573 e. The zero-order chi connectivity index (χ0) is 28.9. The summed E-state index contributed by atoms with van der Waals surface area (Å²) in [7, 11) is 1.84. The molecule has 0 unspecified atom stereocenters. The molecule has 0 saturated carbocycles. The number of thiocarbonyl (C=S) groups is 1. The van der Waals surface area contributed by atoms with Crippen LogP contribution < -0.4 is 15.5 Å². The second-order valence-electron chi connectivity index (χ2n) is 8.93. The van der Waals surface area contributed by atoms with E-state index in [9.17, 15) is 13.2 Å². The van der Waals surface area contributed by atoms with Crippen LogP contribution in [0, 0.1) is 6.92 Å². The third-order valence-corrected chi connectivity index (χ3v) is 6.50. The lowest BCUT2D eigenvalue weighted by Crippen LogP contribution is -2.24. The molecule has 0 saturated heterocycles. The lowest BCUT2D eigenvalue weighted by molar-refractivity contribution is -0.274. The third-order valence-electron chi connectivity index (χ3n) is 6.31. The molecule has 1 heterocycles. The number of anilines is 1. The molecule has 0 atom stereocenters. The van der Waals surface area contributed by atoms with Gasteiger partial charge in [-0.2, -0.15) is 10.2 Å². The number of hydrazone groups is 1. The van der Waals surface area contributed by atoms with E-state index >= 15 is 0 Å². The molecule has 0 aliphatic heterocycles. The highest BCUT2D eigenvalue weighted by Crippen LogP contribution is 2.39. The number of aryl methyl sites for hydroxylation is 3. The molecule has 5 rings (SSSR count). The summed E-state index contributed by atoms with van der Waals surface area (Å²) in [6.07, 6.45) is -1.44. The maximum atomic E-state index is 12.5. The molecule has 4 aromatic rings. The quantitative estimate of drug-likeness (QED) is 0.150. The van der Waals surface area contributed by atoms with Gasteiger partial charge in [0.15, 0.2) is 5.11 Å². The Bertz CT molecular complexity index is 1530. The van der Waals surface area contributed by atoms with Gasteiger partial charge in [0, 0.05) is 29.4 Å². The van der Waals surface area contributed by atoms with Gasteiger partial charge >= 0.3 is 6.36 Å². The fourth-order valence-corrected chi connectivity index (χ4v) is 4.78. The van der Waals surface area contributed by atoms with Gasteiger partial charge in [0.2, 0.25) is 0 Å². The number of ether oxygens (including phenoxy) is 1. The zero-order valence-electron chi connectivity index (χ0n) is 22.6. The van der Waals surface area contributed by atoms with Crippen LogP contribution in [0.3, 0.4) is 0 Å². The number of aromatic nitrogens is 2. The normalized spacial score (nSPS) is 12.2. The molecule has 1 aromatic heterocycles. The van der Waals surface area contributed by atoms with Crippen LogP contribution in [-0.2, 0) is 19.9 Å². The number of para-hydroxylation sites is 1. The van der Waals surface area contributed by atoms with Crippen molar-refractivity contribution in [1.29, 1.82) is 0 Å². The number of nitrogens with one attached hydrogen (secondary N) is 2. The molecule has 40 heavy (non-hydrogen) atoms. The summed E-state index contributed by atoms with van der Waals surface area (Å²) >= 11 is 5.33. The lowest BCUT2D eigenvalue weighted by Gasteiger charge is -2.17. The average molecular weight is 566 g/mol. The Kier molecular flexibility index (Phi) is 8.89. The second-order valence-corrected chi connectivity index (χ2v) is 9.34. The van der Waals surface area contributed by atoms with E-state index in [1.54, 1.807) is 23.0 Å². The summed E-state index contributed by atoms with van der Waals surface area (Å²) in [5.74, 6) is -0.252. The average Bonchev–Trinajstić information content (AvgIpc) is 3.27. The lowest BCUT2D eigenvalue weighted by atomic mass is 9.87. The fraction of sp³-hybridized carbons (Fsp3) is 0.233. The molecule has 0 radical (unpaired) electrons. The van der Waals surface area contributed by atoms with E-state index in [4.69, 9.17) is 17.3 Å².